The summed E-state index contributed by atoms with van der Waals surface area (Å²) in [4.78, 5) is 27.3. The van der Waals surface area contributed by atoms with Crippen LogP contribution in [0.2, 0.25) is 5.02 Å². The number of carbonyl (C=O) groups is 2. The van der Waals surface area contributed by atoms with E-state index in [1.165, 1.54) is 0 Å². The Morgan fingerprint density at radius 3 is 2.55 bits per heavy atom. The maximum Gasteiger partial charge on any atom is 0.338 e. The number of amides is 2. The average molecular weight is 444 g/mol. The van der Waals surface area contributed by atoms with E-state index in [0.717, 1.165) is 11.1 Å². The lowest BCUT2D eigenvalue weighted by atomic mass is 9.95. The third-order valence-electron chi connectivity index (χ3n) is 4.87. The highest BCUT2D eigenvalue weighted by molar-refractivity contribution is 6.30. The number of nitrogens with one attached hydrogen (secondary N) is 2. The fraction of sp³-hybridized carbons (Fsp3) is 0.304. The molecule has 2 N–H and O–H groups in total. The minimum atomic E-state index is -0.631. The Morgan fingerprint density at radius 1 is 1.16 bits per heavy atom. The van der Waals surface area contributed by atoms with E-state index in [9.17, 15) is 9.59 Å². The second kappa shape index (κ2) is 10.3. The minimum Gasteiger partial charge on any atom is -0.497 e. The van der Waals surface area contributed by atoms with Gasteiger partial charge < -0.3 is 20.1 Å². The molecule has 2 aromatic carbocycles. The first-order valence-electron chi connectivity index (χ1n) is 9.96. The Labute approximate surface area is 187 Å². The monoisotopic (exact) mass is 443 g/mol. The highest BCUT2D eigenvalue weighted by atomic mass is 35.5. The van der Waals surface area contributed by atoms with Gasteiger partial charge in [-0.1, -0.05) is 35.9 Å². The zero-order valence-electron chi connectivity index (χ0n) is 17.8. The maximum absolute atomic E-state index is 12.9. The summed E-state index contributed by atoms with van der Waals surface area (Å²) in [5.74, 6) is 0.217. The summed E-state index contributed by atoms with van der Waals surface area (Å²) in [7, 11) is 3.49. The molecule has 0 saturated heterocycles. The van der Waals surface area contributed by atoms with E-state index in [4.69, 9.17) is 21.1 Å². The molecule has 8 heteroatoms. The van der Waals surface area contributed by atoms with Crippen molar-refractivity contribution in [2.45, 2.75) is 19.5 Å². The lowest BCUT2D eigenvalue weighted by Crippen LogP contribution is -2.48. The van der Waals surface area contributed by atoms with Gasteiger partial charge in [-0.2, -0.15) is 0 Å². The van der Waals surface area contributed by atoms with Crippen LogP contribution < -0.4 is 15.4 Å². The summed E-state index contributed by atoms with van der Waals surface area (Å²) in [6.07, 6.45) is 0. The molecule has 3 rings (SSSR count). The molecule has 0 aromatic heterocycles. The van der Waals surface area contributed by atoms with Gasteiger partial charge in [-0.05, 0) is 49.4 Å². The van der Waals surface area contributed by atoms with Crippen molar-refractivity contribution >= 4 is 23.6 Å². The molecule has 0 fully saturated rings. The van der Waals surface area contributed by atoms with Gasteiger partial charge in [0, 0.05) is 23.8 Å². The summed E-state index contributed by atoms with van der Waals surface area (Å²) in [6, 6.07) is 13.8. The average Bonchev–Trinajstić information content (AvgIpc) is 2.73. The number of esters is 1. The van der Waals surface area contributed by atoms with Crippen molar-refractivity contribution in [3.05, 3.63) is 76.0 Å². The van der Waals surface area contributed by atoms with E-state index in [0.29, 0.717) is 35.1 Å². The first-order chi connectivity index (χ1) is 14.9. The second-order valence-electron chi connectivity index (χ2n) is 7.22. The molecule has 1 aliphatic heterocycles. The van der Waals surface area contributed by atoms with E-state index < -0.39 is 12.0 Å². The van der Waals surface area contributed by atoms with Crippen LogP contribution in [0.3, 0.4) is 0 Å². The van der Waals surface area contributed by atoms with Crippen molar-refractivity contribution < 1.29 is 19.1 Å². The molecule has 0 aliphatic carbocycles. The van der Waals surface area contributed by atoms with Gasteiger partial charge >= 0.3 is 12.0 Å². The zero-order chi connectivity index (χ0) is 22.4. The first kappa shape index (κ1) is 22.7. The Balaban J connectivity index is 1.92. The predicted molar refractivity (Wildman–Crippen MR) is 119 cm³/mol. The minimum absolute atomic E-state index is 0.233. The van der Waals surface area contributed by atoms with Gasteiger partial charge in [0.1, 0.15) is 5.75 Å². The molecule has 0 bridgehead atoms. The third-order valence-corrected chi connectivity index (χ3v) is 5.10. The lowest BCUT2D eigenvalue weighted by Gasteiger charge is -2.31. The van der Waals surface area contributed by atoms with Crippen LogP contribution in [0.15, 0.2) is 59.8 Å². The van der Waals surface area contributed by atoms with Crippen molar-refractivity contribution in [3.8, 4) is 5.75 Å². The SMILES string of the molecule is CCOC(=O)C1=C(CN(C)Cc2cccc(Cl)c2)NC(=O)NC1c1ccc(OC)cc1. The number of rotatable bonds is 8. The number of nitrogens with zero attached hydrogens (tertiary/aromatic N) is 1. The van der Waals surface area contributed by atoms with Crippen molar-refractivity contribution in [3.63, 3.8) is 0 Å². The Morgan fingerprint density at radius 2 is 1.90 bits per heavy atom. The van der Waals surface area contributed by atoms with E-state index in [1.54, 1.807) is 26.2 Å². The van der Waals surface area contributed by atoms with Gasteiger partial charge in [-0.3, -0.25) is 4.90 Å². The summed E-state index contributed by atoms with van der Waals surface area (Å²) >= 11 is 6.08. The van der Waals surface area contributed by atoms with E-state index in [1.807, 2.05) is 48.3 Å². The Kier molecular flexibility index (Phi) is 7.55. The summed E-state index contributed by atoms with van der Waals surface area (Å²) < 4.78 is 10.5. The van der Waals surface area contributed by atoms with Crippen LogP contribution in [0.25, 0.3) is 0 Å². The van der Waals surface area contributed by atoms with Crippen molar-refractivity contribution in [1.29, 1.82) is 0 Å². The van der Waals surface area contributed by atoms with Gasteiger partial charge in [0.25, 0.3) is 0 Å². The summed E-state index contributed by atoms with van der Waals surface area (Å²) in [6.45, 7) is 2.93. The van der Waals surface area contributed by atoms with Crippen LogP contribution in [0.1, 0.15) is 24.1 Å². The standard InChI is InChI=1S/C23H26ClN3O4/c1-4-31-22(28)20-19(14-27(2)13-15-6-5-7-17(24)12-15)25-23(29)26-21(20)16-8-10-18(30-3)11-9-16/h5-12,21H,4,13-14H2,1-3H3,(H2,25,26,29). The smallest absolute Gasteiger partial charge is 0.338 e. The van der Waals surface area contributed by atoms with Gasteiger partial charge in [0.2, 0.25) is 0 Å². The molecule has 0 saturated carbocycles. The van der Waals surface area contributed by atoms with Gasteiger partial charge in [-0.15, -0.1) is 0 Å². The largest absolute Gasteiger partial charge is 0.497 e. The van der Waals surface area contributed by atoms with Crippen molar-refractivity contribution in [1.82, 2.24) is 15.5 Å². The molecular formula is C23H26ClN3O4. The molecule has 31 heavy (non-hydrogen) atoms. The Bertz CT molecular complexity index is 975. The van der Waals surface area contributed by atoms with Crippen LogP contribution in [0.5, 0.6) is 5.75 Å². The van der Waals surface area contributed by atoms with Crippen LogP contribution >= 0.6 is 11.6 Å². The molecule has 7 nitrogen and oxygen atoms in total. The normalized spacial score (nSPS) is 16.0. The van der Waals surface area contributed by atoms with Crippen LogP contribution in [-0.4, -0.2) is 44.2 Å². The molecule has 1 unspecified atom stereocenters. The molecular weight excluding hydrogens is 418 g/mol. The quantitative estimate of drug-likeness (QED) is 0.609. The molecule has 2 aromatic rings. The molecule has 2 amide bonds. The zero-order valence-corrected chi connectivity index (χ0v) is 18.5. The predicted octanol–water partition coefficient (Wildman–Crippen LogP) is 3.65. The van der Waals surface area contributed by atoms with Gasteiger partial charge in [0.15, 0.2) is 0 Å². The van der Waals surface area contributed by atoms with E-state index >= 15 is 0 Å². The second-order valence-corrected chi connectivity index (χ2v) is 7.66. The molecule has 0 spiro atoms. The number of carbonyl (C=O) groups excluding carboxylic acids is 2. The number of urea groups is 1. The van der Waals surface area contributed by atoms with E-state index in [2.05, 4.69) is 10.6 Å². The highest BCUT2D eigenvalue weighted by Crippen LogP contribution is 2.29. The Hall–Kier alpha value is -3.03. The van der Waals surface area contributed by atoms with Gasteiger partial charge in [-0.25, -0.2) is 9.59 Å². The van der Waals surface area contributed by atoms with Crippen LogP contribution in [-0.2, 0) is 16.1 Å². The number of halogens is 1. The number of hydrogen-bond donors (Lipinski definition) is 2. The van der Waals surface area contributed by atoms with Crippen LogP contribution in [0.4, 0.5) is 4.79 Å². The van der Waals surface area contributed by atoms with Crippen LogP contribution in [0, 0.1) is 0 Å². The molecule has 1 aliphatic rings. The molecule has 164 valence electrons. The number of benzene rings is 2. The van der Waals surface area contributed by atoms with Crippen molar-refractivity contribution in [2.24, 2.45) is 0 Å². The number of likely N-dealkylation sites (N-methyl/N-ethyl adjacent to an activating group) is 1. The fourth-order valence-corrected chi connectivity index (χ4v) is 3.72. The number of methoxy groups -OCH3 is 1. The highest BCUT2D eigenvalue weighted by Gasteiger charge is 2.34. The molecule has 1 atom stereocenters. The summed E-state index contributed by atoms with van der Waals surface area (Å²) in [5, 5.41) is 6.29. The number of ether oxygens (including phenoxy) is 2. The molecule has 0 radical (unpaired) electrons. The lowest BCUT2D eigenvalue weighted by molar-refractivity contribution is -0.139. The topological polar surface area (TPSA) is 79.9 Å². The number of hydrogen-bond acceptors (Lipinski definition) is 5. The van der Waals surface area contributed by atoms with E-state index in [-0.39, 0.29) is 12.6 Å². The molecule has 1 heterocycles. The maximum atomic E-state index is 12.9. The van der Waals surface area contributed by atoms with Crippen molar-refractivity contribution in [2.75, 3.05) is 27.3 Å². The summed E-state index contributed by atoms with van der Waals surface area (Å²) in [5.41, 5.74) is 2.67. The first-order valence-corrected chi connectivity index (χ1v) is 10.3. The van der Waals surface area contributed by atoms with Gasteiger partial charge in [0.05, 0.1) is 25.3 Å². The fourth-order valence-electron chi connectivity index (χ4n) is 3.51. The third kappa shape index (κ3) is 5.77.